The van der Waals surface area contributed by atoms with Crippen molar-refractivity contribution in [3.05, 3.63) is 0 Å². The van der Waals surface area contributed by atoms with Gasteiger partial charge in [-0.15, -0.1) is 0 Å². The Balaban J connectivity index is 1.50. The number of rotatable bonds is 5. The summed E-state index contributed by atoms with van der Waals surface area (Å²) in [6.45, 7) is 8.29. The van der Waals surface area contributed by atoms with Gasteiger partial charge in [0.15, 0.2) is 0 Å². The van der Waals surface area contributed by atoms with Crippen molar-refractivity contribution in [3.63, 3.8) is 0 Å². The first kappa shape index (κ1) is 15.8. The van der Waals surface area contributed by atoms with Crippen LogP contribution in [0.2, 0.25) is 0 Å². The predicted molar refractivity (Wildman–Crippen MR) is 87.6 cm³/mol. The summed E-state index contributed by atoms with van der Waals surface area (Å²) >= 11 is 0. The highest BCUT2D eigenvalue weighted by atomic mass is 16.5. The highest BCUT2D eigenvalue weighted by molar-refractivity contribution is 4.95. The van der Waals surface area contributed by atoms with E-state index in [0.29, 0.717) is 0 Å². The number of nitrogens with one attached hydrogen (secondary N) is 1. The van der Waals surface area contributed by atoms with Gasteiger partial charge in [0.1, 0.15) is 0 Å². The van der Waals surface area contributed by atoms with E-state index in [9.17, 15) is 0 Å². The van der Waals surface area contributed by atoms with Crippen molar-refractivity contribution in [2.24, 2.45) is 5.92 Å². The largest absolute Gasteiger partial charge is 0.375 e. The van der Waals surface area contributed by atoms with Gasteiger partial charge in [0, 0.05) is 19.2 Å². The molecular weight excluding hydrogens is 260 g/mol. The van der Waals surface area contributed by atoms with Gasteiger partial charge < -0.3 is 10.1 Å². The van der Waals surface area contributed by atoms with Crippen LogP contribution in [-0.2, 0) is 4.74 Å². The fraction of sp³-hybridized carbons (Fsp3) is 1.00. The Hall–Kier alpha value is -0.120. The number of ether oxygens (including phenoxy) is 1. The zero-order chi connectivity index (χ0) is 14.5. The first-order valence-corrected chi connectivity index (χ1v) is 9.40. The van der Waals surface area contributed by atoms with E-state index in [-0.39, 0.29) is 5.60 Å². The predicted octanol–water partition coefficient (Wildman–Crippen LogP) is 3.19. The quantitative estimate of drug-likeness (QED) is 0.788. The highest BCUT2D eigenvalue weighted by Crippen LogP contribution is 2.41. The van der Waals surface area contributed by atoms with Crippen LogP contribution in [0.25, 0.3) is 0 Å². The number of likely N-dealkylation sites (tertiary alicyclic amines) is 1. The lowest BCUT2D eigenvalue weighted by Gasteiger charge is -2.45. The molecule has 3 heteroatoms. The summed E-state index contributed by atoms with van der Waals surface area (Å²) in [6, 6.07) is 0.797. The van der Waals surface area contributed by atoms with E-state index in [1.807, 2.05) is 0 Å². The fourth-order valence-corrected chi connectivity index (χ4v) is 4.76. The van der Waals surface area contributed by atoms with Crippen molar-refractivity contribution in [2.75, 3.05) is 32.8 Å². The summed E-state index contributed by atoms with van der Waals surface area (Å²) in [5.74, 6) is 0.868. The molecule has 0 bridgehead atoms. The molecule has 122 valence electrons. The van der Waals surface area contributed by atoms with Crippen molar-refractivity contribution in [3.8, 4) is 0 Å². The highest BCUT2D eigenvalue weighted by Gasteiger charge is 2.42. The summed E-state index contributed by atoms with van der Waals surface area (Å²) in [5, 5.41) is 3.63. The van der Waals surface area contributed by atoms with Crippen molar-refractivity contribution in [2.45, 2.75) is 76.4 Å². The van der Waals surface area contributed by atoms with Crippen LogP contribution in [0, 0.1) is 5.92 Å². The lowest BCUT2D eigenvalue weighted by molar-refractivity contribution is -0.105. The third-order valence-electron chi connectivity index (χ3n) is 5.91. The SMILES string of the molecule is CCCNCC1CCCN(C2CCOC3(CCCC3)C2)C1. The topological polar surface area (TPSA) is 24.5 Å². The van der Waals surface area contributed by atoms with Gasteiger partial charge in [0.05, 0.1) is 5.60 Å². The monoisotopic (exact) mass is 294 g/mol. The Morgan fingerprint density at radius 2 is 2.05 bits per heavy atom. The van der Waals surface area contributed by atoms with E-state index in [1.54, 1.807) is 0 Å². The molecule has 0 aromatic heterocycles. The molecule has 3 fully saturated rings. The second kappa shape index (κ2) is 7.43. The maximum Gasteiger partial charge on any atom is 0.0697 e. The summed E-state index contributed by atoms with van der Waals surface area (Å²) in [6.07, 6.45) is 12.0. The second-order valence-electron chi connectivity index (χ2n) is 7.59. The summed E-state index contributed by atoms with van der Waals surface area (Å²) in [4.78, 5) is 2.81. The molecule has 1 spiro atoms. The molecule has 0 radical (unpaired) electrons. The molecule has 2 heterocycles. The van der Waals surface area contributed by atoms with Crippen LogP contribution in [0.15, 0.2) is 0 Å². The first-order valence-electron chi connectivity index (χ1n) is 9.40. The number of piperidine rings is 1. The van der Waals surface area contributed by atoms with E-state index in [2.05, 4.69) is 17.1 Å². The van der Waals surface area contributed by atoms with Gasteiger partial charge in [0.2, 0.25) is 0 Å². The Morgan fingerprint density at radius 3 is 2.86 bits per heavy atom. The molecule has 0 aromatic carbocycles. The third kappa shape index (κ3) is 4.00. The molecule has 2 aliphatic heterocycles. The Bertz CT molecular complexity index is 314. The van der Waals surface area contributed by atoms with Gasteiger partial charge in [-0.3, -0.25) is 4.90 Å². The standard InChI is InChI=1S/C18H34N2O/c1-2-10-19-14-16-6-5-11-20(15-16)17-7-12-21-18(13-17)8-3-4-9-18/h16-17,19H,2-15H2,1H3. The van der Waals surface area contributed by atoms with Crippen LogP contribution in [0.1, 0.15) is 64.7 Å². The molecule has 1 N–H and O–H groups in total. The van der Waals surface area contributed by atoms with Gasteiger partial charge in [-0.25, -0.2) is 0 Å². The van der Waals surface area contributed by atoms with E-state index in [4.69, 9.17) is 4.74 Å². The maximum atomic E-state index is 6.21. The van der Waals surface area contributed by atoms with Gasteiger partial charge in [-0.1, -0.05) is 19.8 Å². The number of hydrogen-bond acceptors (Lipinski definition) is 3. The van der Waals surface area contributed by atoms with Gasteiger partial charge >= 0.3 is 0 Å². The minimum atomic E-state index is 0.274. The van der Waals surface area contributed by atoms with E-state index >= 15 is 0 Å². The Kier molecular flexibility index (Phi) is 5.58. The third-order valence-corrected chi connectivity index (χ3v) is 5.91. The molecular formula is C18H34N2O. The van der Waals surface area contributed by atoms with E-state index in [1.165, 1.54) is 84.0 Å². The average molecular weight is 294 g/mol. The van der Waals surface area contributed by atoms with Crippen LogP contribution in [-0.4, -0.2) is 49.3 Å². The van der Waals surface area contributed by atoms with Crippen LogP contribution < -0.4 is 5.32 Å². The van der Waals surface area contributed by atoms with Crippen molar-refractivity contribution >= 4 is 0 Å². The lowest BCUT2D eigenvalue weighted by Crippen LogP contribution is -2.51. The zero-order valence-corrected chi connectivity index (χ0v) is 13.9. The molecule has 2 unspecified atom stereocenters. The minimum Gasteiger partial charge on any atom is -0.375 e. The zero-order valence-electron chi connectivity index (χ0n) is 13.9. The van der Waals surface area contributed by atoms with Crippen molar-refractivity contribution in [1.29, 1.82) is 0 Å². The van der Waals surface area contributed by atoms with Crippen molar-refractivity contribution < 1.29 is 4.74 Å². The van der Waals surface area contributed by atoms with Gasteiger partial charge in [0.25, 0.3) is 0 Å². The summed E-state index contributed by atoms with van der Waals surface area (Å²) in [5.41, 5.74) is 0.274. The van der Waals surface area contributed by atoms with Crippen LogP contribution >= 0.6 is 0 Å². The first-order chi connectivity index (χ1) is 10.3. The van der Waals surface area contributed by atoms with Crippen LogP contribution in [0.5, 0.6) is 0 Å². The molecule has 0 amide bonds. The summed E-state index contributed by atoms with van der Waals surface area (Å²) < 4.78 is 6.21. The van der Waals surface area contributed by atoms with E-state index < -0.39 is 0 Å². The lowest BCUT2D eigenvalue weighted by atomic mass is 9.86. The average Bonchev–Trinajstić information content (AvgIpc) is 2.96. The molecule has 2 atom stereocenters. The number of nitrogens with zero attached hydrogens (tertiary/aromatic N) is 1. The van der Waals surface area contributed by atoms with Crippen molar-refractivity contribution in [1.82, 2.24) is 10.2 Å². The van der Waals surface area contributed by atoms with Crippen LogP contribution in [0.3, 0.4) is 0 Å². The Morgan fingerprint density at radius 1 is 1.19 bits per heavy atom. The van der Waals surface area contributed by atoms with E-state index in [0.717, 1.165) is 18.6 Å². The molecule has 3 nitrogen and oxygen atoms in total. The molecule has 3 aliphatic rings. The molecule has 0 aromatic rings. The molecule has 1 aliphatic carbocycles. The Labute approximate surface area is 130 Å². The molecule has 3 rings (SSSR count). The summed E-state index contributed by atoms with van der Waals surface area (Å²) in [7, 11) is 0. The van der Waals surface area contributed by atoms with Gasteiger partial charge in [-0.2, -0.15) is 0 Å². The number of hydrogen-bond donors (Lipinski definition) is 1. The second-order valence-corrected chi connectivity index (χ2v) is 7.59. The van der Waals surface area contributed by atoms with Gasteiger partial charge in [-0.05, 0) is 70.5 Å². The minimum absolute atomic E-state index is 0.274. The normalized spacial score (nSPS) is 33.6. The fourth-order valence-electron chi connectivity index (χ4n) is 4.76. The molecule has 1 saturated carbocycles. The molecule has 21 heavy (non-hydrogen) atoms. The molecule has 2 saturated heterocycles. The maximum absolute atomic E-state index is 6.21. The smallest absolute Gasteiger partial charge is 0.0697 e. The van der Waals surface area contributed by atoms with Crippen LogP contribution in [0.4, 0.5) is 0 Å².